The van der Waals surface area contributed by atoms with E-state index in [4.69, 9.17) is 9.98 Å². The molecular formula is C51H32N4S2. The first-order chi connectivity index (χ1) is 28.2. The van der Waals surface area contributed by atoms with Gasteiger partial charge < -0.3 is 9.88 Å². The number of para-hydroxylation sites is 2. The summed E-state index contributed by atoms with van der Waals surface area (Å²) in [5.41, 5.74) is 9.26. The standard InChI is InChI=1S/C51H32N4S2/c1-3-13-31(14-4-1)49-52-50(32-15-5-2-6-16-32)54-51(53-49)40-20-12-24-44-48(40)47-35(19-11-23-43(47)56-44)33-25-27-38-39-28-26-34(30-46(39)57-45(38)29-33)55-41-21-9-7-17-36(41)37-18-8-10-22-42(37)55/h1-30,51H,(H,52,53,54). The summed E-state index contributed by atoms with van der Waals surface area (Å²) < 4.78 is 7.49. The lowest BCUT2D eigenvalue weighted by Crippen LogP contribution is -2.33. The molecule has 3 aromatic heterocycles. The second-order valence-corrected chi connectivity index (χ2v) is 16.7. The number of hydrogen-bond acceptors (Lipinski definition) is 5. The van der Waals surface area contributed by atoms with Crippen molar-refractivity contribution in [3.05, 3.63) is 199 Å². The van der Waals surface area contributed by atoms with Gasteiger partial charge >= 0.3 is 0 Å². The summed E-state index contributed by atoms with van der Waals surface area (Å²) >= 11 is 3.72. The van der Waals surface area contributed by atoms with E-state index in [1.165, 1.54) is 79.0 Å². The Bertz CT molecular complexity index is 3390. The fraction of sp³-hybridized carbons (Fsp3) is 0.0196. The van der Waals surface area contributed by atoms with Crippen LogP contribution in [-0.2, 0) is 0 Å². The van der Waals surface area contributed by atoms with Crippen LogP contribution in [0.4, 0.5) is 0 Å². The molecule has 268 valence electrons. The molecule has 1 atom stereocenters. The van der Waals surface area contributed by atoms with Gasteiger partial charge in [0.1, 0.15) is 12.0 Å². The summed E-state index contributed by atoms with van der Waals surface area (Å²) in [5, 5.41) is 11.4. The number of fused-ring (bicyclic) bond motifs is 9. The zero-order valence-corrected chi connectivity index (χ0v) is 32.2. The lowest BCUT2D eigenvalue weighted by molar-refractivity contribution is 0.680. The second kappa shape index (κ2) is 12.8. The molecule has 12 rings (SSSR count). The van der Waals surface area contributed by atoms with Crippen LogP contribution in [0.2, 0.25) is 0 Å². The molecule has 8 aromatic carbocycles. The molecule has 1 aliphatic heterocycles. The lowest BCUT2D eigenvalue weighted by Gasteiger charge is -2.24. The van der Waals surface area contributed by atoms with Gasteiger partial charge in [-0.25, -0.2) is 9.98 Å². The first-order valence-electron chi connectivity index (χ1n) is 19.2. The molecule has 0 aliphatic carbocycles. The Balaban J connectivity index is 1.00. The van der Waals surface area contributed by atoms with Crippen LogP contribution in [0.25, 0.3) is 79.0 Å². The molecule has 0 saturated heterocycles. The Hall–Kier alpha value is -6.86. The molecule has 0 radical (unpaired) electrons. The number of amidine groups is 2. The van der Waals surface area contributed by atoms with E-state index in [-0.39, 0.29) is 6.17 Å². The van der Waals surface area contributed by atoms with Crippen molar-refractivity contribution in [2.75, 3.05) is 0 Å². The summed E-state index contributed by atoms with van der Waals surface area (Å²) in [5.74, 6) is 1.55. The van der Waals surface area contributed by atoms with E-state index in [9.17, 15) is 0 Å². The summed E-state index contributed by atoms with van der Waals surface area (Å²) in [4.78, 5) is 10.3. The highest BCUT2D eigenvalue weighted by atomic mass is 32.1. The van der Waals surface area contributed by atoms with Gasteiger partial charge in [0, 0.05) is 73.5 Å². The van der Waals surface area contributed by atoms with Crippen LogP contribution in [0.5, 0.6) is 0 Å². The minimum atomic E-state index is -0.323. The maximum atomic E-state index is 5.28. The Labute approximate surface area is 336 Å². The molecule has 57 heavy (non-hydrogen) atoms. The summed E-state index contributed by atoms with van der Waals surface area (Å²) in [6.45, 7) is 0. The SMILES string of the molecule is c1ccc(C2=NC(c3cccc4sc5cccc(-c6ccc7c(c6)sc6cc(-n8c9ccccc9c9ccccc98)ccc67)c5c34)NC(c3ccccc3)=N2)cc1. The van der Waals surface area contributed by atoms with Crippen LogP contribution in [0.15, 0.2) is 192 Å². The van der Waals surface area contributed by atoms with E-state index in [1.807, 2.05) is 46.9 Å². The first kappa shape index (κ1) is 32.4. The number of aliphatic imine (C=N–C) groups is 2. The average Bonchev–Trinajstić information content (AvgIpc) is 3.96. The van der Waals surface area contributed by atoms with Gasteiger partial charge in [0.05, 0.1) is 11.0 Å². The van der Waals surface area contributed by atoms with Gasteiger partial charge in [-0.3, -0.25) is 0 Å². The van der Waals surface area contributed by atoms with Crippen LogP contribution < -0.4 is 5.32 Å². The Morgan fingerprint density at radius 1 is 0.456 bits per heavy atom. The van der Waals surface area contributed by atoms with Crippen molar-refractivity contribution in [1.82, 2.24) is 9.88 Å². The third kappa shape index (κ3) is 5.18. The average molecular weight is 765 g/mol. The maximum Gasteiger partial charge on any atom is 0.159 e. The van der Waals surface area contributed by atoms with E-state index in [0.29, 0.717) is 0 Å². The predicted octanol–water partition coefficient (Wildman–Crippen LogP) is 13.7. The molecule has 1 N–H and O–H groups in total. The maximum absolute atomic E-state index is 5.28. The normalized spacial score (nSPS) is 14.5. The fourth-order valence-corrected chi connectivity index (χ4v) is 11.0. The monoisotopic (exact) mass is 764 g/mol. The highest BCUT2D eigenvalue weighted by molar-refractivity contribution is 7.26. The van der Waals surface area contributed by atoms with Crippen LogP contribution in [-0.4, -0.2) is 16.2 Å². The largest absolute Gasteiger partial charge is 0.344 e. The van der Waals surface area contributed by atoms with Crippen LogP contribution in [0.1, 0.15) is 22.9 Å². The molecular weight excluding hydrogens is 733 g/mol. The molecule has 11 aromatic rings. The van der Waals surface area contributed by atoms with Crippen LogP contribution >= 0.6 is 22.7 Å². The number of thiophene rings is 2. The molecule has 0 fully saturated rings. The predicted molar refractivity (Wildman–Crippen MR) is 244 cm³/mol. The van der Waals surface area contributed by atoms with E-state index in [2.05, 4.69) is 168 Å². The van der Waals surface area contributed by atoms with Crippen molar-refractivity contribution in [1.29, 1.82) is 0 Å². The van der Waals surface area contributed by atoms with Gasteiger partial charge in [-0.1, -0.05) is 140 Å². The quantitative estimate of drug-likeness (QED) is 0.186. The van der Waals surface area contributed by atoms with E-state index >= 15 is 0 Å². The van der Waals surface area contributed by atoms with Crippen molar-refractivity contribution in [3.8, 4) is 16.8 Å². The summed E-state index contributed by atoms with van der Waals surface area (Å²) in [7, 11) is 0. The topological polar surface area (TPSA) is 41.7 Å². The van der Waals surface area contributed by atoms with Gasteiger partial charge in [-0.05, 0) is 53.6 Å². The fourth-order valence-electron chi connectivity index (χ4n) is 8.70. The van der Waals surface area contributed by atoms with Crippen molar-refractivity contribution >= 4 is 96.5 Å². The van der Waals surface area contributed by atoms with E-state index in [1.54, 1.807) is 0 Å². The third-order valence-electron chi connectivity index (χ3n) is 11.3. The van der Waals surface area contributed by atoms with Gasteiger partial charge in [0.25, 0.3) is 0 Å². The lowest BCUT2D eigenvalue weighted by atomic mass is 9.95. The number of rotatable bonds is 5. The first-order valence-corrected chi connectivity index (χ1v) is 20.8. The Morgan fingerprint density at radius 2 is 1.07 bits per heavy atom. The van der Waals surface area contributed by atoms with Gasteiger partial charge in [-0.15, -0.1) is 22.7 Å². The smallest absolute Gasteiger partial charge is 0.159 e. The summed E-state index contributed by atoms with van der Waals surface area (Å²) in [6.07, 6.45) is -0.323. The number of aromatic nitrogens is 1. The molecule has 0 spiro atoms. The molecule has 0 saturated carbocycles. The molecule has 1 unspecified atom stereocenters. The number of hydrogen-bond donors (Lipinski definition) is 1. The van der Waals surface area contributed by atoms with E-state index in [0.717, 1.165) is 28.4 Å². The van der Waals surface area contributed by atoms with Crippen molar-refractivity contribution < 1.29 is 0 Å². The number of nitrogens with one attached hydrogen (secondary N) is 1. The highest BCUT2D eigenvalue weighted by Gasteiger charge is 2.25. The van der Waals surface area contributed by atoms with Crippen molar-refractivity contribution in [3.63, 3.8) is 0 Å². The zero-order chi connectivity index (χ0) is 37.5. The van der Waals surface area contributed by atoms with Gasteiger partial charge in [0.15, 0.2) is 5.84 Å². The van der Waals surface area contributed by atoms with Crippen molar-refractivity contribution in [2.45, 2.75) is 6.17 Å². The molecule has 1 aliphatic rings. The second-order valence-electron chi connectivity index (χ2n) is 14.6. The number of nitrogens with zero attached hydrogens (tertiary/aromatic N) is 3. The van der Waals surface area contributed by atoms with Crippen LogP contribution in [0, 0.1) is 0 Å². The van der Waals surface area contributed by atoms with Gasteiger partial charge in [-0.2, -0.15) is 0 Å². The minimum absolute atomic E-state index is 0.323. The minimum Gasteiger partial charge on any atom is -0.344 e. The third-order valence-corrected chi connectivity index (χ3v) is 13.5. The molecule has 0 amide bonds. The molecule has 4 nitrogen and oxygen atoms in total. The highest BCUT2D eigenvalue weighted by Crippen LogP contribution is 2.45. The van der Waals surface area contributed by atoms with Gasteiger partial charge in [0.2, 0.25) is 0 Å². The molecule has 4 heterocycles. The summed E-state index contributed by atoms with van der Waals surface area (Å²) in [6, 6.07) is 65.4. The Kier molecular flexibility index (Phi) is 7.30. The zero-order valence-electron chi connectivity index (χ0n) is 30.6. The Morgan fingerprint density at radius 3 is 1.82 bits per heavy atom. The van der Waals surface area contributed by atoms with Crippen molar-refractivity contribution in [2.24, 2.45) is 9.98 Å². The van der Waals surface area contributed by atoms with Crippen LogP contribution in [0.3, 0.4) is 0 Å². The van der Waals surface area contributed by atoms with E-state index < -0.39 is 0 Å². The molecule has 6 heteroatoms. The molecule has 0 bridgehead atoms. The number of benzene rings is 8.